The molecule has 2 aliphatic rings. The maximum atomic E-state index is 13.3. The minimum Gasteiger partial charge on any atom is -0.372 e. The van der Waals surface area contributed by atoms with Gasteiger partial charge in [0.1, 0.15) is 6.04 Å². The topological polar surface area (TPSA) is 63.1 Å². The SMILES string of the molecule is CCN(CC)c1ccc([C@@H]2C3=C(C[C@H](C)CC3=O)Nc3nc(C(F)(F)F)nn32)cc1. The summed E-state index contributed by atoms with van der Waals surface area (Å²) in [5, 5.41) is 6.68. The monoisotopic (exact) mass is 419 g/mol. The average Bonchev–Trinajstić information content (AvgIpc) is 3.12. The molecule has 30 heavy (non-hydrogen) atoms. The molecule has 0 saturated heterocycles. The number of carbonyl (C=O) groups excluding carboxylic acids is 1. The molecule has 2 aromatic rings. The van der Waals surface area contributed by atoms with Crippen molar-refractivity contribution in [2.24, 2.45) is 5.92 Å². The number of allylic oxidation sites excluding steroid dienone is 2. The van der Waals surface area contributed by atoms with E-state index in [9.17, 15) is 18.0 Å². The van der Waals surface area contributed by atoms with Crippen LogP contribution in [0.3, 0.4) is 0 Å². The van der Waals surface area contributed by atoms with Crippen molar-refractivity contribution in [3.05, 3.63) is 46.9 Å². The fourth-order valence-electron chi connectivity index (χ4n) is 4.29. The van der Waals surface area contributed by atoms with E-state index in [0.717, 1.165) is 18.8 Å². The molecule has 2 atom stereocenters. The first kappa shape index (κ1) is 20.4. The molecule has 9 heteroatoms. The third kappa shape index (κ3) is 3.46. The summed E-state index contributed by atoms with van der Waals surface area (Å²) in [7, 11) is 0. The summed E-state index contributed by atoms with van der Waals surface area (Å²) < 4.78 is 41.0. The molecule has 2 heterocycles. The lowest BCUT2D eigenvalue weighted by molar-refractivity contribution is -0.145. The van der Waals surface area contributed by atoms with Gasteiger partial charge in [-0.3, -0.25) is 4.79 Å². The molecule has 0 fully saturated rings. The van der Waals surface area contributed by atoms with Crippen LogP contribution in [0.25, 0.3) is 0 Å². The zero-order valence-electron chi connectivity index (χ0n) is 17.1. The number of rotatable bonds is 4. The van der Waals surface area contributed by atoms with Gasteiger partial charge in [0.15, 0.2) is 5.78 Å². The molecule has 0 unspecified atom stereocenters. The second-order valence-electron chi connectivity index (χ2n) is 7.82. The molecule has 1 N–H and O–H groups in total. The lowest BCUT2D eigenvalue weighted by atomic mass is 9.81. The highest BCUT2D eigenvalue weighted by Gasteiger charge is 2.42. The molecule has 0 spiro atoms. The van der Waals surface area contributed by atoms with E-state index in [-0.39, 0.29) is 17.6 Å². The predicted octanol–water partition coefficient (Wildman–Crippen LogP) is 4.41. The first-order chi connectivity index (χ1) is 14.2. The first-order valence-electron chi connectivity index (χ1n) is 10.1. The second-order valence-corrected chi connectivity index (χ2v) is 7.82. The van der Waals surface area contributed by atoms with Crippen LogP contribution < -0.4 is 10.2 Å². The number of ketones is 1. The molecular formula is C21H24F3N5O. The van der Waals surface area contributed by atoms with Crippen molar-refractivity contribution in [1.29, 1.82) is 0 Å². The van der Waals surface area contributed by atoms with E-state index in [1.807, 2.05) is 31.2 Å². The zero-order valence-corrected chi connectivity index (χ0v) is 17.1. The number of benzene rings is 1. The molecule has 0 bridgehead atoms. The Hall–Kier alpha value is -2.84. The highest BCUT2D eigenvalue weighted by molar-refractivity contribution is 5.99. The van der Waals surface area contributed by atoms with Gasteiger partial charge in [-0.1, -0.05) is 19.1 Å². The number of anilines is 2. The number of Topliss-reactive ketones (excluding diaryl/α,β-unsaturated/α-hetero) is 1. The summed E-state index contributed by atoms with van der Waals surface area (Å²) in [5.41, 5.74) is 2.85. The molecule has 0 amide bonds. The van der Waals surface area contributed by atoms with E-state index in [4.69, 9.17) is 0 Å². The van der Waals surface area contributed by atoms with Crippen molar-refractivity contribution in [3.8, 4) is 0 Å². The third-order valence-electron chi connectivity index (χ3n) is 5.71. The number of hydrogen-bond donors (Lipinski definition) is 1. The Balaban J connectivity index is 1.83. The maximum absolute atomic E-state index is 13.3. The van der Waals surface area contributed by atoms with Crippen LogP contribution in [0.15, 0.2) is 35.5 Å². The van der Waals surface area contributed by atoms with E-state index < -0.39 is 18.0 Å². The maximum Gasteiger partial charge on any atom is 0.453 e. The van der Waals surface area contributed by atoms with Crippen molar-refractivity contribution in [1.82, 2.24) is 14.8 Å². The van der Waals surface area contributed by atoms with Gasteiger partial charge in [0.05, 0.1) is 0 Å². The van der Waals surface area contributed by atoms with Crippen LogP contribution in [0, 0.1) is 5.92 Å². The smallest absolute Gasteiger partial charge is 0.372 e. The van der Waals surface area contributed by atoms with Crippen molar-refractivity contribution in [2.75, 3.05) is 23.3 Å². The summed E-state index contributed by atoms with van der Waals surface area (Å²) in [5.74, 6) is -1.15. The fraction of sp³-hybridized carbons (Fsp3) is 0.476. The van der Waals surface area contributed by atoms with Crippen molar-refractivity contribution in [2.45, 2.75) is 45.8 Å². The lowest BCUT2D eigenvalue weighted by Gasteiger charge is -2.34. The van der Waals surface area contributed by atoms with Gasteiger partial charge < -0.3 is 10.2 Å². The largest absolute Gasteiger partial charge is 0.453 e. The normalized spacial score (nSPS) is 21.2. The predicted molar refractivity (Wildman–Crippen MR) is 107 cm³/mol. The Morgan fingerprint density at radius 3 is 2.43 bits per heavy atom. The van der Waals surface area contributed by atoms with Gasteiger partial charge in [-0.05, 0) is 43.9 Å². The number of fused-ring (bicyclic) bond motifs is 1. The number of carbonyl (C=O) groups is 1. The molecule has 160 valence electrons. The Bertz CT molecular complexity index is 989. The molecule has 4 rings (SSSR count). The quantitative estimate of drug-likeness (QED) is 0.795. The standard InChI is InChI=1S/C21H24F3N5O/c1-4-28(5-2)14-8-6-13(7-9-14)18-17-15(10-12(3)11-16(17)30)25-20-26-19(21(22,23)24)27-29(18)20/h6-9,12,18H,4-5,10-11H2,1-3H3,(H,25,26,27)/t12-,18+/m0/s1. The van der Waals surface area contributed by atoms with E-state index in [0.29, 0.717) is 29.7 Å². The summed E-state index contributed by atoms with van der Waals surface area (Å²) in [6.07, 6.45) is -3.71. The molecular weight excluding hydrogens is 395 g/mol. The first-order valence-corrected chi connectivity index (χ1v) is 10.1. The van der Waals surface area contributed by atoms with Crippen LogP contribution in [0.1, 0.15) is 51.0 Å². The molecule has 1 aromatic carbocycles. The van der Waals surface area contributed by atoms with E-state index >= 15 is 0 Å². The van der Waals surface area contributed by atoms with Crippen LogP contribution in [0.2, 0.25) is 0 Å². The number of hydrogen-bond acceptors (Lipinski definition) is 5. The number of alkyl halides is 3. The van der Waals surface area contributed by atoms with E-state index in [1.54, 1.807) is 0 Å². The average molecular weight is 419 g/mol. The van der Waals surface area contributed by atoms with E-state index in [2.05, 4.69) is 34.1 Å². The van der Waals surface area contributed by atoms with Gasteiger partial charge in [-0.25, -0.2) is 4.68 Å². The van der Waals surface area contributed by atoms with Crippen LogP contribution in [-0.2, 0) is 11.0 Å². The van der Waals surface area contributed by atoms with Gasteiger partial charge >= 0.3 is 6.18 Å². The third-order valence-corrected chi connectivity index (χ3v) is 5.71. The van der Waals surface area contributed by atoms with Gasteiger partial charge in [-0.15, -0.1) is 5.10 Å². The van der Waals surface area contributed by atoms with Crippen LogP contribution >= 0.6 is 0 Å². The molecule has 6 nitrogen and oxygen atoms in total. The molecule has 1 aliphatic carbocycles. The fourth-order valence-corrected chi connectivity index (χ4v) is 4.29. The Morgan fingerprint density at radius 1 is 1.17 bits per heavy atom. The van der Waals surface area contributed by atoms with Crippen molar-refractivity contribution >= 4 is 17.4 Å². The Morgan fingerprint density at radius 2 is 1.83 bits per heavy atom. The molecule has 1 aliphatic heterocycles. The van der Waals surface area contributed by atoms with E-state index in [1.165, 1.54) is 4.68 Å². The second kappa shape index (κ2) is 7.45. The summed E-state index contributed by atoms with van der Waals surface area (Å²) in [6, 6.07) is 6.85. The zero-order chi connectivity index (χ0) is 21.6. The van der Waals surface area contributed by atoms with Crippen LogP contribution in [-0.4, -0.2) is 33.6 Å². The number of nitrogens with one attached hydrogen (secondary N) is 1. The highest BCUT2D eigenvalue weighted by atomic mass is 19.4. The lowest BCUT2D eigenvalue weighted by Crippen LogP contribution is -2.33. The Labute approximate surface area is 172 Å². The molecule has 0 radical (unpaired) electrons. The van der Waals surface area contributed by atoms with Crippen molar-refractivity contribution < 1.29 is 18.0 Å². The van der Waals surface area contributed by atoms with Gasteiger partial charge in [0.2, 0.25) is 5.95 Å². The summed E-state index contributed by atoms with van der Waals surface area (Å²) >= 11 is 0. The van der Waals surface area contributed by atoms with Crippen molar-refractivity contribution in [3.63, 3.8) is 0 Å². The summed E-state index contributed by atoms with van der Waals surface area (Å²) in [6.45, 7) is 7.76. The minimum absolute atomic E-state index is 0.0146. The van der Waals surface area contributed by atoms with Crippen LogP contribution in [0.5, 0.6) is 0 Å². The van der Waals surface area contributed by atoms with Gasteiger partial charge in [-0.2, -0.15) is 18.2 Å². The number of nitrogens with zero attached hydrogens (tertiary/aromatic N) is 4. The molecule has 1 aromatic heterocycles. The minimum atomic E-state index is -4.67. The highest BCUT2D eigenvalue weighted by Crippen LogP contribution is 2.42. The number of halogens is 3. The summed E-state index contributed by atoms with van der Waals surface area (Å²) in [4.78, 5) is 18.8. The molecule has 0 saturated carbocycles. The van der Waals surface area contributed by atoms with Crippen LogP contribution in [0.4, 0.5) is 24.8 Å². The number of aromatic nitrogens is 3. The van der Waals surface area contributed by atoms with Gasteiger partial charge in [0.25, 0.3) is 5.82 Å². The van der Waals surface area contributed by atoms with Gasteiger partial charge in [0, 0.05) is 36.5 Å². The Kier molecular flexibility index (Phi) is 5.07.